The summed E-state index contributed by atoms with van der Waals surface area (Å²) in [7, 11) is 0. The van der Waals surface area contributed by atoms with Gasteiger partial charge in [0.2, 0.25) is 5.91 Å². The number of aldehydes is 1. The van der Waals surface area contributed by atoms with Crippen LogP contribution in [0.4, 0.5) is 0 Å². The van der Waals surface area contributed by atoms with Crippen molar-refractivity contribution >= 4 is 12.2 Å². The van der Waals surface area contributed by atoms with Crippen LogP contribution in [0.5, 0.6) is 0 Å². The summed E-state index contributed by atoms with van der Waals surface area (Å²) in [6, 6.07) is 0. The first-order valence-corrected chi connectivity index (χ1v) is 6.20. The first-order chi connectivity index (χ1) is 9.22. The Bertz CT molecular complexity index is 360. The molecular weight excluding hydrogens is 264 g/mol. The highest BCUT2D eigenvalue weighted by Gasteiger charge is 2.26. The van der Waals surface area contributed by atoms with Gasteiger partial charge in [-0.1, -0.05) is 0 Å². The van der Waals surface area contributed by atoms with Crippen LogP contribution < -0.4 is 5.32 Å². The molecule has 1 amide bonds. The molecule has 0 saturated heterocycles. The summed E-state index contributed by atoms with van der Waals surface area (Å²) in [5.74, 6) is -0.327. The zero-order valence-electron chi connectivity index (χ0n) is 12.4. The molecule has 0 rings (SSSR count). The van der Waals surface area contributed by atoms with Gasteiger partial charge in [0.05, 0.1) is 17.7 Å². The molecule has 0 atom stereocenters. The van der Waals surface area contributed by atoms with Crippen LogP contribution in [0, 0.1) is 11.5 Å². The molecule has 114 valence electrons. The van der Waals surface area contributed by atoms with Gasteiger partial charge < -0.3 is 24.3 Å². The van der Waals surface area contributed by atoms with Crippen LogP contribution >= 0.6 is 0 Å². The summed E-state index contributed by atoms with van der Waals surface area (Å²) >= 11 is 0. The molecule has 7 heteroatoms. The van der Waals surface area contributed by atoms with Gasteiger partial charge in [0, 0.05) is 0 Å². The Kier molecular flexibility index (Phi) is 7.80. The lowest BCUT2D eigenvalue weighted by atomic mass is 10.1. The molecule has 0 bridgehead atoms. The van der Waals surface area contributed by atoms with Crippen LogP contribution in [0.2, 0.25) is 0 Å². The van der Waals surface area contributed by atoms with Crippen LogP contribution in [0.3, 0.4) is 0 Å². The molecular formula is C13H22N2O5. The molecule has 0 aromatic carbocycles. The lowest BCUT2D eigenvalue weighted by Crippen LogP contribution is -2.50. The highest BCUT2D eigenvalue weighted by Crippen LogP contribution is 2.13. The van der Waals surface area contributed by atoms with E-state index in [1.165, 1.54) is 0 Å². The van der Waals surface area contributed by atoms with Gasteiger partial charge in [0.15, 0.2) is 0 Å². The summed E-state index contributed by atoms with van der Waals surface area (Å²) in [6.45, 7) is 7.26. The summed E-state index contributed by atoms with van der Waals surface area (Å²) in [6.07, 6.45) is 2.17. The van der Waals surface area contributed by atoms with Crippen molar-refractivity contribution < 1.29 is 23.8 Å². The van der Waals surface area contributed by atoms with Gasteiger partial charge in [-0.3, -0.25) is 4.79 Å². The summed E-state index contributed by atoms with van der Waals surface area (Å²) in [4.78, 5) is 21.6. The predicted octanol–water partition coefficient (Wildman–Crippen LogP) is 0.390. The van der Waals surface area contributed by atoms with Gasteiger partial charge in [0.1, 0.15) is 26.1 Å². The standard InChI is InChI=1S/C13H22N2O5/c1-12(2,15-11(17)7-18-6-5-16)8-20-13(3,4)9-19-10-14/h5H,6-9H2,1-4H3,(H,15,17). The van der Waals surface area contributed by atoms with E-state index in [4.69, 9.17) is 14.7 Å². The van der Waals surface area contributed by atoms with E-state index in [1.807, 2.05) is 0 Å². The minimum absolute atomic E-state index is 0.108. The molecule has 0 aliphatic rings. The Morgan fingerprint density at radius 1 is 1.30 bits per heavy atom. The van der Waals surface area contributed by atoms with Crippen molar-refractivity contribution in [3.05, 3.63) is 0 Å². The number of amides is 1. The molecule has 0 heterocycles. The fraction of sp³-hybridized carbons (Fsp3) is 0.769. The van der Waals surface area contributed by atoms with E-state index in [9.17, 15) is 9.59 Å². The topological polar surface area (TPSA) is 97.7 Å². The normalized spacial score (nSPS) is 11.6. The number of rotatable bonds is 10. The smallest absolute Gasteiger partial charge is 0.286 e. The minimum atomic E-state index is -0.633. The SMILES string of the molecule is CC(C)(COC(C)(C)COC#N)NC(=O)COCC=O. The van der Waals surface area contributed by atoms with Crippen LogP contribution in [-0.4, -0.2) is 49.8 Å². The molecule has 0 fully saturated rings. The monoisotopic (exact) mass is 286 g/mol. The number of hydrogen-bond donors (Lipinski definition) is 1. The summed E-state index contributed by atoms with van der Waals surface area (Å²) in [5.41, 5.74) is -1.24. The number of nitrogens with one attached hydrogen (secondary N) is 1. The molecule has 0 unspecified atom stereocenters. The fourth-order valence-electron chi connectivity index (χ4n) is 1.27. The average molecular weight is 286 g/mol. The van der Waals surface area contributed by atoms with Gasteiger partial charge in [-0.05, 0) is 27.7 Å². The molecule has 1 N–H and O–H groups in total. The zero-order chi connectivity index (χ0) is 15.6. The molecule has 0 aromatic heterocycles. The Morgan fingerprint density at radius 3 is 2.50 bits per heavy atom. The Hall–Kier alpha value is -1.65. The van der Waals surface area contributed by atoms with E-state index < -0.39 is 11.1 Å². The highest BCUT2D eigenvalue weighted by atomic mass is 16.5. The number of nitrogens with zero attached hydrogens (tertiary/aromatic N) is 1. The average Bonchev–Trinajstić information content (AvgIpc) is 2.34. The molecule has 20 heavy (non-hydrogen) atoms. The van der Waals surface area contributed by atoms with Crippen LogP contribution in [0.25, 0.3) is 0 Å². The Balaban J connectivity index is 4.14. The minimum Gasteiger partial charge on any atom is -0.424 e. The van der Waals surface area contributed by atoms with Crippen molar-refractivity contribution in [2.45, 2.75) is 38.8 Å². The maximum atomic E-state index is 11.6. The maximum absolute atomic E-state index is 11.6. The fourth-order valence-corrected chi connectivity index (χ4v) is 1.27. The van der Waals surface area contributed by atoms with Crippen LogP contribution in [0.1, 0.15) is 27.7 Å². The summed E-state index contributed by atoms with van der Waals surface area (Å²) in [5, 5.41) is 11.1. The number of hydrogen-bond acceptors (Lipinski definition) is 6. The van der Waals surface area contributed by atoms with E-state index >= 15 is 0 Å². The predicted molar refractivity (Wildman–Crippen MR) is 70.7 cm³/mol. The summed E-state index contributed by atoms with van der Waals surface area (Å²) < 4.78 is 15.1. The van der Waals surface area contributed by atoms with E-state index in [-0.39, 0.29) is 32.3 Å². The Labute approximate surface area is 119 Å². The Morgan fingerprint density at radius 2 is 1.95 bits per heavy atom. The lowest BCUT2D eigenvalue weighted by molar-refractivity contribution is -0.130. The molecule has 0 spiro atoms. The number of nitriles is 1. The molecule has 0 aromatic rings. The third-order valence-electron chi connectivity index (χ3n) is 2.20. The van der Waals surface area contributed by atoms with Crippen LogP contribution in [-0.2, 0) is 23.8 Å². The second kappa shape index (κ2) is 8.51. The largest absolute Gasteiger partial charge is 0.424 e. The van der Waals surface area contributed by atoms with Crippen molar-refractivity contribution in [1.29, 1.82) is 5.26 Å². The number of ether oxygens (including phenoxy) is 3. The van der Waals surface area contributed by atoms with Crippen molar-refractivity contribution in [2.75, 3.05) is 26.4 Å². The van der Waals surface area contributed by atoms with Crippen molar-refractivity contribution in [1.82, 2.24) is 5.32 Å². The van der Waals surface area contributed by atoms with E-state index in [0.29, 0.717) is 6.29 Å². The molecule has 0 aliphatic heterocycles. The van der Waals surface area contributed by atoms with Crippen LogP contribution in [0.15, 0.2) is 0 Å². The van der Waals surface area contributed by atoms with Gasteiger partial charge in [-0.25, -0.2) is 0 Å². The van der Waals surface area contributed by atoms with Crippen molar-refractivity contribution in [3.8, 4) is 6.26 Å². The second-order valence-electron chi connectivity index (χ2n) is 5.54. The highest BCUT2D eigenvalue weighted by molar-refractivity contribution is 5.78. The lowest BCUT2D eigenvalue weighted by Gasteiger charge is -2.31. The molecule has 0 saturated carbocycles. The van der Waals surface area contributed by atoms with E-state index in [2.05, 4.69) is 10.1 Å². The zero-order valence-corrected chi connectivity index (χ0v) is 12.4. The van der Waals surface area contributed by atoms with E-state index in [0.717, 1.165) is 0 Å². The molecule has 7 nitrogen and oxygen atoms in total. The molecule has 0 aliphatic carbocycles. The third kappa shape index (κ3) is 9.30. The maximum Gasteiger partial charge on any atom is 0.286 e. The van der Waals surface area contributed by atoms with Crippen molar-refractivity contribution in [2.24, 2.45) is 0 Å². The van der Waals surface area contributed by atoms with Gasteiger partial charge in [-0.15, -0.1) is 0 Å². The van der Waals surface area contributed by atoms with Crippen molar-refractivity contribution in [3.63, 3.8) is 0 Å². The van der Waals surface area contributed by atoms with Gasteiger partial charge in [0.25, 0.3) is 6.26 Å². The van der Waals surface area contributed by atoms with Gasteiger partial charge in [-0.2, -0.15) is 5.26 Å². The third-order valence-corrected chi connectivity index (χ3v) is 2.20. The van der Waals surface area contributed by atoms with E-state index in [1.54, 1.807) is 34.0 Å². The molecule has 0 radical (unpaired) electrons. The number of carbonyl (C=O) groups excluding carboxylic acids is 2. The quantitative estimate of drug-likeness (QED) is 0.354. The first-order valence-electron chi connectivity index (χ1n) is 6.20. The number of carbonyl (C=O) groups is 2. The van der Waals surface area contributed by atoms with Gasteiger partial charge >= 0.3 is 0 Å². The first kappa shape index (κ1) is 18.4. The second-order valence-corrected chi connectivity index (χ2v) is 5.54.